The lowest BCUT2D eigenvalue weighted by molar-refractivity contribution is 0.0342. The van der Waals surface area contributed by atoms with Gasteiger partial charge in [0.25, 0.3) is 0 Å². The molecule has 8 heteroatoms. The lowest BCUT2D eigenvalue weighted by atomic mass is 10.1. The van der Waals surface area contributed by atoms with Crippen LogP contribution in [0.1, 0.15) is 17.5 Å². The lowest BCUT2D eigenvalue weighted by Gasteiger charge is -2.26. The Labute approximate surface area is 206 Å². The van der Waals surface area contributed by atoms with Crippen LogP contribution in [0.15, 0.2) is 58.4 Å². The number of hydrogen-bond donors (Lipinski definition) is 2. The average molecular weight is 559 g/mol. The van der Waals surface area contributed by atoms with Crippen LogP contribution >= 0.6 is 35.7 Å². The second-order valence-corrected chi connectivity index (χ2v) is 8.38. The predicted octanol–water partition coefficient (Wildman–Crippen LogP) is 4.12. The van der Waals surface area contributed by atoms with Crippen LogP contribution in [-0.4, -0.2) is 56.5 Å². The Kier molecular flexibility index (Phi) is 12.2. The number of halogens is 2. The number of hydrogen-bond acceptors (Lipinski definition) is 4. The molecule has 0 amide bonds. The number of nitrogens with one attached hydrogen (secondary N) is 2. The third kappa shape index (κ3) is 9.76. The summed E-state index contributed by atoms with van der Waals surface area (Å²) in [7, 11) is 1.79. The molecule has 0 unspecified atom stereocenters. The zero-order valence-electron chi connectivity index (χ0n) is 18.0. The maximum absolute atomic E-state index is 12.9. The average Bonchev–Trinajstić information content (AvgIpc) is 2.78. The maximum Gasteiger partial charge on any atom is 0.191 e. The third-order valence-corrected chi connectivity index (χ3v) is 6.01. The van der Waals surface area contributed by atoms with Gasteiger partial charge < -0.3 is 15.4 Å². The van der Waals surface area contributed by atoms with Gasteiger partial charge in [0, 0.05) is 44.7 Å². The quantitative estimate of drug-likeness (QED) is 0.160. The zero-order valence-corrected chi connectivity index (χ0v) is 21.1. The van der Waals surface area contributed by atoms with E-state index in [2.05, 4.69) is 44.8 Å². The molecule has 0 atom stereocenters. The zero-order chi connectivity index (χ0) is 21.0. The van der Waals surface area contributed by atoms with E-state index in [-0.39, 0.29) is 29.8 Å². The van der Waals surface area contributed by atoms with Crippen molar-refractivity contribution >= 4 is 41.7 Å². The molecule has 1 aliphatic heterocycles. The highest BCUT2D eigenvalue weighted by molar-refractivity contribution is 14.0. The molecule has 0 bridgehead atoms. The van der Waals surface area contributed by atoms with Crippen LogP contribution in [-0.2, 0) is 17.8 Å². The molecule has 3 rings (SSSR count). The summed E-state index contributed by atoms with van der Waals surface area (Å²) in [4.78, 5) is 7.81. The highest BCUT2D eigenvalue weighted by atomic mass is 127. The van der Waals surface area contributed by atoms with Gasteiger partial charge in [-0.05, 0) is 47.6 Å². The predicted molar refractivity (Wildman–Crippen MR) is 138 cm³/mol. The molecular weight excluding hydrogens is 526 g/mol. The summed E-state index contributed by atoms with van der Waals surface area (Å²) < 4.78 is 18.3. The van der Waals surface area contributed by atoms with Gasteiger partial charge in [0.15, 0.2) is 5.96 Å². The van der Waals surface area contributed by atoms with Crippen molar-refractivity contribution < 1.29 is 9.13 Å². The fraction of sp³-hybridized carbons (Fsp3) is 0.435. The molecule has 31 heavy (non-hydrogen) atoms. The lowest BCUT2D eigenvalue weighted by Crippen LogP contribution is -2.37. The number of aliphatic imine (C=N–C) groups is 1. The van der Waals surface area contributed by atoms with Crippen LogP contribution in [0.2, 0.25) is 0 Å². The number of guanidine groups is 1. The summed E-state index contributed by atoms with van der Waals surface area (Å²) in [5.41, 5.74) is 2.57. The first-order chi connectivity index (χ1) is 14.7. The molecule has 1 heterocycles. The largest absolute Gasteiger partial charge is 0.379 e. The van der Waals surface area contributed by atoms with Gasteiger partial charge in [0.1, 0.15) is 5.82 Å². The number of rotatable bonds is 9. The van der Waals surface area contributed by atoms with Crippen LogP contribution in [0.4, 0.5) is 4.39 Å². The SMILES string of the molecule is CN=C(NCCCSc1ccc(F)cc1)NCc1ccc(CN2CCOCC2)cc1.I. The van der Waals surface area contributed by atoms with Gasteiger partial charge >= 0.3 is 0 Å². The van der Waals surface area contributed by atoms with Crippen molar-refractivity contribution in [2.75, 3.05) is 45.6 Å². The van der Waals surface area contributed by atoms with Crippen molar-refractivity contribution in [1.29, 1.82) is 0 Å². The maximum atomic E-state index is 12.9. The summed E-state index contributed by atoms with van der Waals surface area (Å²) in [6, 6.07) is 15.4. The molecule has 0 saturated carbocycles. The van der Waals surface area contributed by atoms with E-state index in [0.29, 0.717) is 0 Å². The second-order valence-electron chi connectivity index (χ2n) is 7.21. The van der Waals surface area contributed by atoms with Crippen LogP contribution in [0.25, 0.3) is 0 Å². The molecule has 2 aromatic rings. The second kappa shape index (κ2) is 14.7. The molecule has 2 N–H and O–H groups in total. The molecule has 1 fully saturated rings. The van der Waals surface area contributed by atoms with Crippen LogP contribution in [0.3, 0.4) is 0 Å². The molecule has 1 aliphatic rings. The van der Waals surface area contributed by atoms with Crippen molar-refractivity contribution in [2.24, 2.45) is 4.99 Å². The number of benzene rings is 2. The van der Waals surface area contributed by atoms with E-state index < -0.39 is 0 Å². The first kappa shape index (κ1) is 25.9. The molecule has 0 radical (unpaired) electrons. The minimum atomic E-state index is -0.192. The van der Waals surface area contributed by atoms with Crippen LogP contribution < -0.4 is 10.6 Å². The highest BCUT2D eigenvalue weighted by Gasteiger charge is 2.10. The first-order valence-corrected chi connectivity index (χ1v) is 11.4. The summed E-state index contributed by atoms with van der Waals surface area (Å²) in [5, 5.41) is 6.71. The van der Waals surface area contributed by atoms with E-state index in [4.69, 9.17) is 4.74 Å². The summed E-state index contributed by atoms with van der Waals surface area (Å²) in [5.74, 6) is 1.59. The molecule has 2 aromatic carbocycles. The van der Waals surface area contributed by atoms with Crippen LogP contribution in [0.5, 0.6) is 0 Å². The van der Waals surface area contributed by atoms with Crippen molar-refractivity contribution in [2.45, 2.75) is 24.4 Å². The molecule has 0 spiro atoms. The van der Waals surface area contributed by atoms with E-state index in [1.54, 1.807) is 18.8 Å². The highest BCUT2D eigenvalue weighted by Crippen LogP contribution is 2.18. The Morgan fingerprint density at radius 1 is 1.03 bits per heavy atom. The molecule has 5 nitrogen and oxygen atoms in total. The van der Waals surface area contributed by atoms with E-state index >= 15 is 0 Å². The Hall–Kier alpha value is -1.36. The van der Waals surface area contributed by atoms with E-state index in [1.807, 2.05) is 12.1 Å². The number of morpholine rings is 1. The Bertz CT molecular complexity index is 783. The topological polar surface area (TPSA) is 48.9 Å². The van der Waals surface area contributed by atoms with Crippen molar-refractivity contribution in [3.63, 3.8) is 0 Å². The standard InChI is InChI=1S/C23H31FN4OS.HI/c1-25-23(26-11-2-16-30-22-9-7-21(24)8-10-22)27-17-19-3-5-20(6-4-19)18-28-12-14-29-15-13-28;/h3-10H,2,11-18H2,1H3,(H2,25,26,27);1H. The smallest absolute Gasteiger partial charge is 0.191 e. The van der Waals surface area contributed by atoms with E-state index in [1.165, 1.54) is 23.3 Å². The fourth-order valence-corrected chi connectivity index (χ4v) is 4.04. The van der Waals surface area contributed by atoms with E-state index in [0.717, 1.165) is 69.0 Å². The van der Waals surface area contributed by atoms with Crippen molar-refractivity contribution in [3.8, 4) is 0 Å². The van der Waals surface area contributed by atoms with Crippen molar-refractivity contribution in [1.82, 2.24) is 15.5 Å². The Morgan fingerprint density at radius 3 is 2.39 bits per heavy atom. The van der Waals surface area contributed by atoms with Gasteiger partial charge in [-0.15, -0.1) is 35.7 Å². The number of thioether (sulfide) groups is 1. The Morgan fingerprint density at radius 2 is 1.71 bits per heavy atom. The summed E-state index contributed by atoms with van der Waals surface area (Å²) >= 11 is 1.73. The minimum Gasteiger partial charge on any atom is -0.379 e. The normalized spacial score (nSPS) is 14.7. The summed E-state index contributed by atoms with van der Waals surface area (Å²) in [6.07, 6.45) is 0.999. The Balaban J connectivity index is 0.00000341. The fourth-order valence-electron chi connectivity index (χ4n) is 3.19. The van der Waals surface area contributed by atoms with Gasteiger partial charge in [0.05, 0.1) is 13.2 Å². The summed E-state index contributed by atoms with van der Waals surface area (Å²) in [6.45, 7) is 6.24. The monoisotopic (exact) mass is 558 g/mol. The third-order valence-electron chi connectivity index (χ3n) is 4.91. The van der Waals surface area contributed by atoms with Gasteiger partial charge in [-0.3, -0.25) is 9.89 Å². The molecule has 0 aromatic heterocycles. The van der Waals surface area contributed by atoms with Crippen molar-refractivity contribution in [3.05, 3.63) is 65.5 Å². The number of nitrogens with zero attached hydrogens (tertiary/aromatic N) is 2. The number of ether oxygens (including phenoxy) is 1. The molecular formula is C23H32FIN4OS. The molecule has 1 saturated heterocycles. The van der Waals surface area contributed by atoms with Gasteiger partial charge in [-0.1, -0.05) is 24.3 Å². The van der Waals surface area contributed by atoms with E-state index in [9.17, 15) is 4.39 Å². The molecule has 170 valence electrons. The van der Waals surface area contributed by atoms with Gasteiger partial charge in [-0.2, -0.15) is 0 Å². The van der Waals surface area contributed by atoms with Gasteiger partial charge in [-0.25, -0.2) is 4.39 Å². The first-order valence-electron chi connectivity index (χ1n) is 10.4. The minimum absolute atomic E-state index is 0. The van der Waals surface area contributed by atoms with Crippen LogP contribution in [0, 0.1) is 5.82 Å². The molecule has 0 aliphatic carbocycles. The van der Waals surface area contributed by atoms with Gasteiger partial charge in [0.2, 0.25) is 0 Å².